The number of carbonyl (C=O) groups is 1. The summed E-state index contributed by atoms with van der Waals surface area (Å²) in [6.45, 7) is 3.55. The molecule has 1 aliphatic heterocycles. The van der Waals surface area contributed by atoms with Crippen molar-refractivity contribution in [3.8, 4) is 0 Å². The summed E-state index contributed by atoms with van der Waals surface area (Å²) in [6.07, 6.45) is 3.87. The van der Waals surface area contributed by atoms with E-state index < -0.39 is 0 Å². The van der Waals surface area contributed by atoms with Gasteiger partial charge in [0.05, 0.1) is 5.01 Å². The van der Waals surface area contributed by atoms with Crippen LogP contribution in [0.1, 0.15) is 40.8 Å². The van der Waals surface area contributed by atoms with Crippen molar-refractivity contribution in [2.45, 2.75) is 38.6 Å². The normalized spacial score (nSPS) is 19.4. The highest BCUT2D eigenvalue weighted by molar-refractivity contribution is 7.09. The van der Waals surface area contributed by atoms with E-state index in [9.17, 15) is 4.79 Å². The number of aromatic nitrogens is 1. The zero-order valence-corrected chi connectivity index (χ0v) is 17.4. The molecule has 1 amide bonds. The van der Waals surface area contributed by atoms with Crippen molar-refractivity contribution in [2.24, 2.45) is 11.7 Å². The summed E-state index contributed by atoms with van der Waals surface area (Å²) in [5.41, 5.74) is 7.76. The van der Waals surface area contributed by atoms with E-state index in [4.69, 9.17) is 5.73 Å². The van der Waals surface area contributed by atoms with Crippen LogP contribution in [0.25, 0.3) is 0 Å². The molecule has 1 aromatic carbocycles. The summed E-state index contributed by atoms with van der Waals surface area (Å²) >= 11 is 1.58. The minimum Gasteiger partial charge on any atom is -0.333 e. The molecule has 7 heteroatoms. The highest BCUT2D eigenvalue weighted by Gasteiger charge is 2.30. The van der Waals surface area contributed by atoms with E-state index in [1.54, 1.807) is 11.3 Å². The molecule has 0 radical (unpaired) electrons. The number of benzene rings is 1. The summed E-state index contributed by atoms with van der Waals surface area (Å²) in [5.74, 6) is 0.680. The Hall–Kier alpha value is -1.14. The number of nitrogens with two attached hydrogens (primary N) is 1. The maximum atomic E-state index is 12.8. The monoisotopic (exact) mass is 415 g/mol. The van der Waals surface area contributed by atoms with E-state index >= 15 is 0 Å². The van der Waals surface area contributed by atoms with Crippen LogP contribution in [0.3, 0.4) is 0 Å². The third-order valence-electron chi connectivity index (χ3n) is 4.75. The van der Waals surface area contributed by atoms with Crippen LogP contribution in [0, 0.1) is 5.92 Å². The predicted molar refractivity (Wildman–Crippen MR) is 113 cm³/mol. The fraction of sp³-hybridized carbons (Fsp3) is 0.474. The highest BCUT2D eigenvalue weighted by Crippen LogP contribution is 2.24. The Kier molecular flexibility index (Phi) is 9.58. The van der Waals surface area contributed by atoms with E-state index in [-0.39, 0.29) is 36.8 Å². The average Bonchev–Trinajstić information content (AvgIpc) is 3.09. The number of rotatable bonds is 5. The first kappa shape index (κ1) is 22.9. The number of hydrogen-bond acceptors (Lipinski definition) is 4. The molecule has 2 aromatic rings. The SMILES string of the molecule is CC1CCN(C(=O)c2csc(CCc3ccccc3)n2)C(CN)C1.Cl.Cl. The molecule has 144 valence electrons. The van der Waals surface area contributed by atoms with Crippen LogP contribution >= 0.6 is 36.2 Å². The zero-order chi connectivity index (χ0) is 16.9. The molecule has 0 spiro atoms. The lowest BCUT2D eigenvalue weighted by molar-refractivity contribution is 0.0568. The van der Waals surface area contributed by atoms with Gasteiger partial charge in [-0.1, -0.05) is 37.3 Å². The van der Waals surface area contributed by atoms with Crippen molar-refractivity contribution in [3.05, 3.63) is 52.0 Å². The van der Waals surface area contributed by atoms with Gasteiger partial charge in [0.2, 0.25) is 0 Å². The molecule has 2 heterocycles. The van der Waals surface area contributed by atoms with Crippen molar-refractivity contribution in [2.75, 3.05) is 13.1 Å². The van der Waals surface area contributed by atoms with Crippen molar-refractivity contribution in [1.29, 1.82) is 0 Å². The Morgan fingerprint density at radius 1 is 1.27 bits per heavy atom. The van der Waals surface area contributed by atoms with Gasteiger partial charge in [-0.3, -0.25) is 4.79 Å². The maximum Gasteiger partial charge on any atom is 0.273 e. The molecule has 2 atom stereocenters. The van der Waals surface area contributed by atoms with Gasteiger partial charge in [-0.05, 0) is 30.7 Å². The fourth-order valence-electron chi connectivity index (χ4n) is 3.31. The topological polar surface area (TPSA) is 59.2 Å². The quantitative estimate of drug-likeness (QED) is 0.803. The predicted octanol–water partition coefficient (Wildman–Crippen LogP) is 3.97. The van der Waals surface area contributed by atoms with Gasteiger partial charge < -0.3 is 10.6 Å². The number of hydrogen-bond donors (Lipinski definition) is 1. The number of aryl methyl sites for hydroxylation is 2. The van der Waals surface area contributed by atoms with Gasteiger partial charge in [-0.25, -0.2) is 4.98 Å². The lowest BCUT2D eigenvalue weighted by atomic mass is 9.92. The molecule has 26 heavy (non-hydrogen) atoms. The molecule has 3 rings (SSSR count). The van der Waals surface area contributed by atoms with Gasteiger partial charge in [0.1, 0.15) is 5.69 Å². The molecule has 1 saturated heterocycles. The lowest BCUT2D eigenvalue weighted by Crippen LogP contribution is -2.49. The molecule has 0 aliphatic carbocycles. The number of nitrogens with zero attached hydrogens (tertiary/aromatic N) is 2. The summed E-state index contributed by atoms with van der Waals surface area (Å²) in [5, 5.41) is 2.92. The van der Waals surface area contributed by atoms with E-state index in [0.717, 1.165) is 37.2 Å². The molecular weight excluding hydrogens is 389 g/mol. The van der Waals surface area contributed by atoms with Gasteiger partial charge in [-0.15, -0.1) is 36.2 Å². The highest BCUT2D eigenvalue weighted by atomic mass is 35.5. The zero-order valence-electron chi connectivity index (χ0n) is 15.0. The van der Waals surface area contributed by atoms with E-state index in [1.807, 2.05) is 16.3 Å². The van der Waals surface area contributed by atoms with Crippen LogP contribution in [0.2, 0.25) is 0 Å². The van der Waals surface area contributed by atoms with Gasteiger partial charge >= 0.3 is 0 Å². The molecule has 0 saturated carbocycles. The largest absolute Gasteiger partial charge is 0.333 e. The summed E-state index contributed by atoms with van der Waals surface area (Å²) in [7, 11) is 0. The number of piperidine rings is 1. The number of halogens is 2. The number of likely N-dealkylation sites (tertiary alicyclic amines) is 1. The van der Waals surface area contributed by atoms with E-state index in [0.29, 0.717) is 18.2 Å². The van der Waals surface area contributed by atoms with E-state index in [1.165, 1.54) is 5.56 Å². The second-order valence-corrected chi connectivity index (χ2v) is 7.57. The first-order valence-corrected chi connectivity index (χ1v) is 9.54. The van der Waals surface area contributed by atoms with Crippen LogP contribution < -0.4 is 5.73 Å². The summed E-state index contributed by atoms with van der Waals surface area (Å²) < 4.78 is 0. The standard InChI is InChI=1S/C19H25N3OS.2ClH/c1-14-9-10-22(16(11-14)12-20)19(23)17-13-24-18(21-17)8-7-15-5-3-2-4-6-15;;/h2-6,13-14,16H,7-12,20H2,1H3;2*1H. The number of carbonyl (C=O) groups excluding carboxylic acids is 1. The van der Waals surface area contributed by atoms with Crippen LogP contribution in [-0.2, 0) is 12.8 Å². The third-order valence-corrected chi connectivity index (χ3v) is 5.66. The van der Waals surface area contributed by atoms with E-state index in [2.05, 4.69) is 36.2 Å². The Morgan fingerprint density at radius 2 is 2.00 bits per heavy atom. The smallest absolute Gasteiger partial charge is 0.273 e. The third kappa shape index (κ3) is 5.68. The van der Waals surface area contributed by atoms with Crippen molar-refractivity contribution in [3.63, 3.8) is 0 Å². The molecule has 1 aromatic heterocycles. The molecule has 1 fully saturated rings. The molecule has 4 nitrogen and oxygen atoms in total. The summed E-state index contributed by atoms with van der Waals surface area (Å²) in [4.78, 5) is 19.3. The average molecular weight is 416 g/mol. The lowest BCUT2D eigenvalue weighted by Gasteiger charge is -2.37. The van der Waals surface area contributed by atoms with Crippen molar-refractivity contribution < 1.29 is 4.79 Å². The minimum absolute atomic E-state index is 0. The Balaban J connectivity index is 0.00000169. The van der Waals surface area contributed by atoms with Gasteiger partial charge in [0.15, 0.2) is 0 Å². The molecule has 2 unspecified atom stereocenters. The van der Waals surface area contributed by atoms with Gasteiger partial charge in [0, 0.05) is 30.9 Å². The molecule has 0 bridgehead atoms. The van der Waals surface area contributed by atoms with Crippen LogP contribution in [0.5, 0.6) is 0 Å². The fourth-order valence-corrected chi connectivity index (χ4v) is 4.08. The van der Waals surface area contributed by atoms with Crippen LogP contribution in [0.15, 0.2) is 35.7 Å². The Morgan fingerprint density at radius 3 is 2.69 bits per heavy atom. The second kappa shape index (κ2) is 10.9. The van der Waals surface area contributed by atoms with Crippen molar-refractivity contribution in [1.82, 2.24) is 9.88 Å². The number of amides is 1. The second-order valence-electron chi connectivity index (χ2n) is 6.63. The molecule has 1 aliphatic rings. The molecule has 2 N–H and O–H groups in total. The first-order valence-electron chi connectivity index (χ1n) is 8.66. The van der Waals surface area contributed by atoms with Crippen LogP contribution in [-0.4, -0.2) is 34.9 Å². The molecular formula is C19H27Cl2N3OS. The first-order chi connectivity index (χ1) is 11.7. The number of thiazole rings is 1. The minimum atomic E-state index is 0. The Bertz CT molecular complexity index is 680. The van der Waals surface area contributed by atoms with Crippen molar-refractivity contribution >= 4 is 42.1 Å². The van der Waals surface area contributed by atoms with Gasteiger partial charge in [0.25, 0.3) is 5.91 Å². The summed E-state index contributed by atoms with van der Waals surface area (Å²) in [6, 6.07) is 10.5. The maximum absolute atomic E-state index is 12.8. The Labute approximate surface area is 172 Å². The van der Waals surface area contributed by atoms with Gasteiger partial charge in [-0.2, -0.15) is 0 Å². The van der Waals surface area contributed by atoms with Crippen LogP contribution in [0.4, 0.5) is 0 Å².